The molecule has 2 nitrogen and oxygen atoms in total. The van der Waals surface area contributed by atoms with E-state index in [4.69, 9.17) is 0 Å². The van der Waals surface area contributed by atoms with Crippen LogP contribution in [0.2, 0.25) is 0 Å². The SMILES string of the molecule is Cc1ccccc1-c1cc(-c2cc(-c3cccnc3)c(C(F)(F)F)cc2C(F)(F)F)c(-c2ccccc2C)cc1-c1cc(-c2cccnc2)c(C(F)(F)F)cc1C(F)(F)F. The number of hydrogen-bond donors (Lipinski definition) is 0. The minimum Gasteiger partial charge on any atom is -0.264 e. The summed E-state index contributed by atoms with van der Waals surface area (Å²) in [6.45, 7) is 3.15. The summed E-state index contributed by atoms with van der Waals surface area (Å²) >= 11 is 0. The Morgan fingerprint density at radius 1 is 0.317 bits per heavy atom. The lowest BCUT2D eigenvalue weighted by molar-refractivity contribution is -0.144. The van der Waals surface area contributed by atoms with Gasteiger partial charge in [-0.05, 0) is 129 Å². The second-order valence-electron chi connectivity index (χ2n) is 13.9. The topological polar surface area (TPSA) is 25.8 Å². The Bertz CT molecular complexity index is 2530. The molecule has 0 aliphatic rings. The summed E-state index contributed by atoms with van der Waals surface area (Å²) in [5.41, 5.74) is -9.43. The number of nitrogens with zero attached hydrogens (tertiary/aromatic N) is 2. The lowest BCUT2D eigenvalue weighted by Crippen LogP contribution is -2.15. The second-order valence-corrected chi connectivity index (χ2v) is 13.9. The van der Waals surface area contributed by atoms with Crippen molar-refractivity contribution in [1.82, 2.24) is 9.97 Å². The third-order valence-electron chi connectivity index (χ3n) is 10.1. The summed E-state index contributed by atoms with van der Waals surface area (Å²) in [4.78, 5) is 7.73. The Morgan fingerprint density at radius 3 is 0.917 bits per heavy atom. The second kappa shape index (κ2) is 15.3. The molecule has 0 saturated carbocycles. The summed E-state index contributed by atoms with van der Waals surface area (Å²) in [7, 11) is 0. The van der Waals surface area contributed by atoms with Gasteiger partial charge in [-0.25, -0.2) is 0 Å². The first-order valence-electron chi connectivity index (χ1n) is 17.9. The average molecular weight is 837 g/mol. The van der Waals surface area contributed by atoms with Gasteiger partial charge in [0.25, 0.3) is 0 Å². The van der Waals surface area contributed by atoms with Crippen LogP contribution in [0.5, 0.6) is 0 Å². The maximum Gasteiger partial charge on any atom is 0.417 e. The fourth-order valence-corrected chi connectivity index (χ4v) is 7.35. The molecule has 0 saturated heterocycles. The Balaban J connectivity index is 1.72. The van der Waals surface area contributed by atoms with E-state index in [1.54, 1.807) is 38.1 Å². The molecular formula is C46H28F12N2. The highest BCUT2D eigenvalue weighted by molar-refractivity contribution is 5.99. The highest BCUT2D eigenvalue weighted by Gasteiger charge is 2.43. The first kappa shape index (κ1) is 41.7. The van der Waals surface area contributed by atoms with Crippen molar-refractivity contribution in [2.24, 2.45) is 0 Å². The minimum absolute atomic E-state index is 0.00155. The molecule has 306 valence electrons. The molecule has 0 radical (unpaired) electrons. The number of rotatable bonds is 6. The van der Waals surface area contributed by atoms with E-state index in [0.29, 0.717) is 11.1 Å². The molecule has 2 aromatic heterocycles. The van der Waals surface area contributed by atoms with Crippen molar-refractivity contribution in [2.75, 3.05) is 0 Å². The molecule has 0 fully saturated rings. The van der Waals surface area contributed by atoms with Gasteiger partial charge in [0, 0.05) is 35.9 Å². The van der Waals surface area contributed by atoms with E-state index in [-0.39, 0.29) is 56.6 Å². The number of alkyl halides is 12. The van der Waals surface area contributed by atoms with Crippen molar-refractivity contribution >= 4 is 0 Å². The Labute approximate surface area is 334 Å². The van der Waals surface area contributed by atoms with Gasteiger partial charge >= 0.3 is 24.7 Å². The minimum atomic E-state index is -5.40. The molecule has 0 amide bonds. The number of hydrogen-bond acceptors (Lipinski definition) is 2. The van der Waals surface area contributed by atoms with Crippen molar-refractivity contribution in [3.05, 3.63) is 167 Å². The van der Waals surface area contributed by atoms with Gasteiger partial charge in [-0.3, -0.25) is 9.97 Å². The summed E-state index contributed by atoms with van der Waals surface area (Å²) in [6.07, 6.45) is -16.7. The zero-order valence-corrected chi connectivity index (χ0v) is 31.1. The quantitative estimate of drug-likeness (QED) is 0.156. The molecule has 7 rings (SSSR count). The third kappa shape index (κ3) is 8.10. The van der Waals surface area contributed by atoms with Gasteiger partial charge < -0.3 is 0 Å². The molecule has 14 heteroatoms. The van der Waals surface area contributed by atoms with E-state index in [9.17, 15) is 26.3 Å². The zero-order valence-electron chi connectivity index (χ0n) is 31.1. The molecule has 7 aromatic rings. The van der Waals surface area contributed by atoms with Crippen LogP contribution in [0, 0.1) is 13.8 Å². The standard InChI is InChI=1S/C46H28F12N2/c1-25-9-3-5-13-29(25)33-19-36(38-18-32(28-12-8-16-60-24-28)40(44(50,51)52)22-42(38)46(56,57)58)34(30-14-6-4-10-26(30)2)20-35(33)37-17-31(27-11-7-15-59-23-27)39(43(47,48)49)21-41(37)45(53,54)55/h3-24H,1-2H3. The van der Waals surface area contributed by atoms with Crippen molar-refractivity contribution in [1.29, 1.82) is 0 Å². The van der Waals surface area contributed by atoms with Crippen LogP contribution in [0.1, 0.15) is 33.4 Å². The Hall–Kier alpha value is -6.44. The van der Waals surface area contributed by atoms with Crippen molar-refractivity contribution < 1.29 is 52.7 Å². The smallest absolute Gasteiger partial charge is 0.264 e. The largest absolute Gasteiger partial charge is 0.417 e. The molecule has 0 aliphatic carbocycles. The Kier molecular flexibility index (Phi) is 10.6. The van der Waals surface area contributed by atoms with Gasteiger partial charge in [0.15, 0.2) is 0 Å². The summed E-state index contributed by atoms with van der Waals surface area (Å²) in [5, 5.41) is 0. The zero-order chi connectivity index (χ0) is 43.4. The van der Waals surface area contributed by atoms with Crippen molar-refractivity contribution in [3.8, 4) is 66.8 Å². The van der Waals surface area contributed by atoms with Crippen LogP contribution in [0.4, 0.5) is 52.7 Å². The van der Waals surface area contributed by atoms with Gasteiger partial charge in [0.2, 0.25) is 0 Å². The fraction of sp³-hybridized carbons (Fsp3) is 0.130. The van der Waals surface area contributed by atoms with E-state index in [2.05, 4.69) is 9.97 Å². The number of benzene rings is 5. The lowest BCUT2D eigenvalue weighted by atomic mass is 9.80. The van der Waals surface area contributed by atoms with E-state index in [1.807, 2.05) is 0 Å². The lowest BCUT2D eigenvalue weighted by Gasteiger charge is -2.26. The normalized spacial score (nSPS) is 12.5. The fourth-order valence-electron chi connectivity index (χ4n) is 7.35. The number of aryl methyl sites for hydroxylation is 2. The van der Waals surface area contributed by atoms with Gasteiger partial charge in [-0.15, -0.1) is 0 Å². The molecule has 0 unspecified atom stereocenters. The number of halogens is 12. The number of aromatic nitrogens is 2. The average Bonchev–Trinajstić information content (AvgIpc) is 3.19. The molecule has 0 bridgehead atoms. The van der Waals surface area contributed by atoms with Gasteiger partial charge in [-0.1, -0.05) is 60.7 Å². The van der Waals surface area contributed by atoms with E-state index >= 15 is 26.3 Å². The first-order chi connectivity index (χ1) is 28.1. The molecule has 0 atom stereocenters. The third-order valence-corrected chi connectivity index (χ3v) is 10.1. The van der Waals surface area contributed by atoms with Crippen LogP contribution in [-0.4, -0.2) is 9.97 Å². The van der Waals surface area contributed by atoms with Crippen LogP contribution < -0.4 is 0 Å². The van der Waals surface area contributed by atoms with Gasteiger partial charge in [0.1, 0.15) is 0 Å². The number of pyridine rings is 2. The van der Waals surface area contributed by atoms with Crippen LogP contribution in [0.3, 0.4) is 0 Å². The molecule has 60 heavy (non-hydrogen) atoms. The predicted molar refractivity (Wildman–Crippen MR) is 204 cm³/mol. The monoisotopic (exact) mass is 836 g/mol. The van der Waals surface area contributed by atoms with Gasteiger partial charge in [0.05, 0.1) is 22.3 Å². The summed E-state index contributed by atoms with van der Waals surface area (Å²) in [6, 6.07) is 21.2. The van der Waals surface area contributed by atoms with Crippen LogP contribution in [0.25, 0.3) is 66.8 Å². The van der Waals surface area contributed by atoms with E-state index in [1.165, 1.54) is 60.9 Å². The van der Waals surface area contributed by atoms with Crippen molar-refractivity contribution in [2.45, 2.75) is 38.6 Å². The molecule has 0 N–H and O–H groups in total. The molecular weight excluding hydrogens is 808 g/mol. The Morgan fingerprint density at radius 2 is 0.617 bits per heavy atom. The van der Waals surface area contributed by atoms with E-state index < -0.39 is 69.2 Å². The van der Waals surface area contributed by atoms with E-state index in [0.717, 1.165) is 36.7 Å². The molecule has 0 spiro atoms. The van der Waals surface area contributed by atoms with Crippen LogP contribution in [-0.2, 0) is 24.7 Å². The van der Waals surface area contributed by atoms with Crippen LogP contribution in [0.15, 0.2) is 134 Å². The summed E-state index contributed by atoms with van der Waals surface area (Å²) < 4.78 is 179. The van der Waals surface area contributed by atoms with Crippen molar-refractivity contribution in [3.63, 3.8) is 0 Å². The highest BCUT2D eigenvalue weighted by atomic mass is 19.4. The summed E-state index contributed by atoms with van der Waals surface area (Å²) in [5.74, 6) is 0. The molecule has 0 aliphatic heterocycles. The molecule has 5 aromatic carbocycles. The highest BCUT2D eigenvalue weighted by Crippen LogP contribution is 2.53. The maximum atomic E-state index is 15.2. The maximum absolute atomic E-state index is 15.2. The van der Waals surface area contributed by atoms with Crippen LogP contribution >= 0.6 is 0 Å². The first-order valence-corrected chi connectivity index (χ1v) is 17.9. The predicted octanol–water partition coefficient (Wildman–Crippen LogP) is 15.2. The van der Waals surface area contributed by atoms with Gasteiger partial charge in [-0.2, -0.15) is 52.7 Å². The molecule has 2 heterocycles.